The second-order valence-electron chi connectivity index (χ2n) is 3.22. The SMILES string of the molecule is CNc1nc(C)nc(C(C)C)c1I. The van der Waals surface area contributed by atoms with Crippen molar-refractivity contribution in [3.05, 3.63) is 15.1 Å². The highest BCUT2D eigenvalue weighted by molar-refractivity contribution is 14.1. The van der Waals surface area contributed by atoms with Crippen LogP contribution in [-0.2, 0) is 0 Å². The quantitative estimate of drug-likeness (QED) is 0.851. The highest BCUT2D eigenvalue weighted by Gasteiger charge is 2.11. The number of rotatable bonds is 2. The predicted molar refractivity (Wildman–Crippen MR) is 63.1 cm³/mol. The van der Waals surface area contributed by atoms with E-state index in [1.54, 1.807) is 0 Å². The third-order valence-corrected chi connectivity index (χ3v) is 2.84. The maximum absolute atomic E-state index is 4.42. The maximum atomic E-state index is 4.42. The lowest BCUT2D eigenvalue weighted by Crippen LogP contribution is -2.06. The summed E-state index contributed by atoms with van der Waals surface area (Å²) in [5.41, 5.74) is 1.12. The lowest BCUT2D eigenvalue weighted by atomic mass is 10.1. The van der Waals surface area contributed by atoms with Gasteiger partial charge < -0.3 is 5.32 Å². The van der Waals surface area contributed by atoms with Gasteiger partial charge in [-0.25, -0.2) is 9.97 Å². The summed E-state index contributed by atoms with van der Waals surface area (Å²) >= 11 is 2.29. The van der Waals surface area contributed by atoms with Gasteiger partial charge in [0.05, 0.1) is 9.26 Å². The molecular weight excluding hydrogens is 277 g/mol. The molecule has 1 rings (SSSR count). The van der Waals surface area contributed by atoms with Gasteiger partial charge >= 0.3 is 0 Å². The second-order valence-corrected chi connectivity index (χ2v) is 4.30. The van der Waals surface area contributed by atoms with Crippen molar-refractivity contribution in [2.75, 3.05) is 12.4 Å². The first-order valence-electron chi connectivity index (χ1n) is 4.28. The minimum atomic E-state index is 0.445. The van der Waals surface area contributed by atoms with E-state index in [4.69, 9.17) is 0 Å². The molecule has 3 nitrogen and oxygen atoms in total. The van der Waals surface area contributed by atoms with Crippen LogP contribution < -0.4 is 5.32 Å². The van der Waals surface area contributed by atoms with Gasteiger partial charge in [0.25, 0.3) is 0 Å². The molecule has 1 aromatic heterocycles. The summed E-state index contributed by atoms with van der Waals surface area (Å²) in [4.78, 5) is 8.73. The number of nitrogens with zero attached hydrogens (tertiary/aromatic N) is 2. The van der Waals surface area contributed by atoms with Crippen molar-refractivity contribution in [3.63, 3.8) is 0 Å². The van der Waals surface area contributed by atoms with Crippen LogP contribution >= 0.6 is 22.6 Å². The fourth-order valence-electron chi connectivity index (χ4n) is 1.13. The first-order valence-corrected chi connectivity index (χ1v) is 5.36. The number of hydrogen-bond donors (Lipinski definition) is 1. The van der Waals surface area contributed by atoms with E-state index in [0.717, 1.165) is 20.9 Å². The Hall–Kier alpha value is -0.390. The number of hydrogen-bond acceptors (Lipinski definition) is 3. The Morgan fingerprint density at radius 1 is 1.31 bits per heavy atom. The fourth-order valence-corrected chi connectivity index (χ4v) is 2.26. The van der Waals surface area contributed by atoms with Crippen LogP contribution in [-0.4, -0.2) is 17.0 Å². The van der Waals surface area contributed by atoms with Crippen LogP contribution in [0.4, 0.5) is 5.82 Å². The molecule has 0 bridgehead atoms. The van der Waals surface area contributed by atoms with Gasteiger partial charge in [-0.2, -0.15) is 0 Å². The maximum Gasteiger partial charge on any atom is 0.143 e. The Morgan fingerprint density at radius 2 is 1.92 bits per heavy atom. The highest BCUT2D eigenvalue weighted by Crippen LogP contribution is 2.24. The van der Waals surface area contributed by atoms with Crippen molar-refractivity contribution >= 4 is 28.4 Å². The van der Waals surface area contributed by atoms with Gasteiger partial charge in [-0.05, 0) is 35.4 Å². The van der Waals surface area contributed by atoms with Gasteiger partial charge in [0.1, 0.15) is 11.6 Å². The van der Waals surface area contributed by atoms with E-state index < -0.39 is 0 Å². The van der Waals surface area contributed by atoms with Crippen LogP contribution in [0.3, 0.4) is 0 Å². The zero-order valence-electron chi connectivity index (χ0n) is 8.35. The van der Waals surface area contributed by atoms with Gasteiger partial charge in [-0.1, -0.05) is 13.8 Å². The molecular formula is C9H14IN3. The molecule has 13 heavy (non-hydrogen) atoms. The van der Waals surface area contributed by atoms with Crippen LogP contribution in [0.5, 0.6) is 0 Å². The van der Waals surface area contributed by atoms with Crippen molar-refractivity contribution < 1.29 is 0 Å². The first-order chi connectivity index (χ1) is 6.06. The molecule has 1 N–H and O–H groups in total. The zero-order valence-corrected chi connectivity index (χ0v) is 10.5. The molecule has 0 aliphatic heterocycles. The summed E-state index contributed by atoms with van der Waals surface area (Å²) < 4.78 is 1.13. The zero-order chi connectivity index (χ0) is 10.0. The molecule has 0 fully saturated rings. The van der Waals surface area contributed by atoms with Crippen LogP contribution in [0.15, 0.2) is 0 Å². The lowest BCUT2D eigenvalue weighted by Gasteiger charge is -2.11. The van der Waals surface area contributed by atoms with E-state index in [0.29, 0.717) is 5.92 Å². The van der Waals surface area contributed by atoms with Gasteiger partial charge in [-0.15, -0.1) is 0 Å². The molecule has 0 atom stereocenters. The van der Waals surface area contributed by atoms with Gasteiger partial charge in [0.2, 0.25) is 0 Å². The van der Waals surface area contributed by atoms with Crippen molar-refractivity contribution in [1.82, 2.24) is 9.97 Å². The Bertz CT molecular complexity index is 310. The summed E-state index contributed by atoms with van der Waals surface area (Å²) in [6.07, 6.45) is 0. The Balaban J connectivity index is 3.27. The average Bonchev–Trinajstić information content (AvgIpc) is 2.08. The molecule has 0 aromatic carbocycles. The topological polar surface area (TPSA) is 37.8 Å². The van der Waals surface area contributed by atoms with Gasteiger partial charge in [0.15, 0.2) is 0 Å². The van der Waals surface area contributed by atoms with E-state index in [-0.39, 0.29) is 0 Å². The van der Waals surface area contributed by atoms with E-state index in [2.05, 4.69) is 51.7 Å². The number of halogens is 1. The van der Waals surface area contributed by atoms with Crippen molar-refractivity contribution in [1.29, 1.82) is 0 Å². The number of anilines is 1. The van der Waals surface area contributed by atoms with E-state index in [1.807, 2.05) is 14.0 Å². The summed E-state index contributed by atoms with van der Waals surface area (Å²) in [5, 5.41) is 3.07. The number of aryl methyl sites for hydroxylation is 1. The van der Waals surface area contributed by atoms with Crippen molar-refractivity contribution in [3.8, 4) is 0 Å². The lowest BCUT2D eigenvalue weighted by molar-refractivity contribution is 0.794. The Kier molecular flexibility index (Phi) is 3.47. The molecule has 0 saturated heterocycles. The molecule has 0 aliphatic carbocycles. The smallest absolute Gasteiger partial charge is 0.143 e. The number of aromatic nitrogens is 2. The van der Waals surface area contributed by atoms with Gasteiger partial charge in [0, 0.05) is 7.05 Å². The molecule has 0 saturated carbocycles. The highest BCUT2D eigenvalue weighted by atomic mass is 127. The van der Waals surface area contributed by atoms with E-state index in [9.17, 15) is 0 Å². The van der Waals surface area contributed by atoms with Crippen molar-refractivity contribution in [2.24, 2.45) is 0 Å². The van der Waals surface area contributed by atoms with E-state index >= 15 is 0 Å². The molecule has 4 heteroatoms. The summed E-state index contributed by atoms with van der Waals surface area (Å²) in [6.45, 7) is 6.20. The molecule has 72 valence electrons. The third kappa shape index (κ3) is 2.30. The minimum absolute atomic E-state index is 0.445. The average molecular weight is 291 g/mol. The molecule has 0 aliphatic rings. The van der Waals surface area contributed by atoms with Crippen LogP contribution in [0, 0.1) is 10.5 Å². The number of nitrogens with one attached hydrogen (secondary N) is 1. The largest absolute Gasteiger partial charge is 0.372 e. The minimum Gasteiger partial charge on any atom is -0.372 e. The van der Waals surface area contributed by atoms with Crippen LogP contribution in [0.25, 0.3) is 0 Å². The summed E-state index contributed by atoms with van der Waals surface area (Å²) in [6, 6.07) is 0. The molecule has 0 unspecified atom stereocenters. The third-order valence-electron chi connectivity index (χ3n) is 1.77. The second kappa shape index (κ2) is 4.21. The summed E-state index contributed by atoms with van der Waals surface area (Å²) in [7, 11) is 1.88. The predicted octanol–water partition coefficient (Wildman–Crippen LogP) is 2.55. The molecule has 0 radical (unpaired) electrons. The standard InChI is InChI=1S/C9H14IN3/c1-5(2)8-7(10)9(11-4)13-6(3)12-8/h5H,1-4H3,(H,11,12,13). The molecule has 1 heterocycles. The van der Waals surface area contributed by atoms with Gasteiger partial charge in [-0.3, -0.25) is 0 Å². The normalized spacial score (nSPS) is 10.6. The monoisotopic (exact) mass is 291 g/mol. The van der Waals surface area contributed by atoms with E-state index in [1.165, 1.54) is 0 Å². The summed E-state index contributed by atoms with van der Waals surface area (Å²) in [5.74, 6) is 2.20. The molecule has 0 spiro atoms. The Morgan fingerprint density at radius 3 is 2.38 bits per heavy atom. The van der Waals surface area contributed by atoms with Crippen LogP contribution in [0.1, 0.15) is 31.3 Å². The van der Waals surface area contributed by atoms with Crippen LogP contribution in [0.2, 0.25) is 0 Å². The fraction of sp³-hybridized carbons (Fsp3) is 0.556. The molecule has 0 amide bonds. The van der Waals surface area contributed by atoms with Crippen molar-refractivity contribution in [2.45, 2.75) is 26.7 Å². The first kappa shape index (κ1) is 10.7. The molecule has 1 aromatic rings. The Labute approximate surface area is 92.5 Å².